The fourth-order valence-electron chi connectivity index (χ4n) is 2.02. The number of ether oxygens (including phenoxy) is 1. The minimum Gasteiger partial charge on any atom is -0.545 e. The average molecular weight is 297 g/mol. The van der Waals surface area contributed by atoms with E-state index >= 15 is 0 Å². The number of H-pyrrole nitrogens is 1. The van der Waals surface area contributed by atoms with Crippen LogP contribution < -0.4 is 16.4 Å². The number of carbonyl (C=O) groups excluding carboxylic acids is 1. The second-order valence-electron chi connectivity index (χ2n) is 4.56. The molecule has 2 heterocycles. The summed E-state index contributed by atoms with van der Waals surface area (Å²) in [6.07, 6.45) is 0.489. The predicted molar refractivity (Wildman–Crippen MR) is 66.9 cm³/mol. The Morgan fingerprint density at radius 1 is 1.57 bits per heavy atom. The minimum absolute atomic E-state index is 0.0537. The van der Waals surface area contributed by atoms with E-state index < -0.39 is 35.5 Å². The molecule has 1 aromatic heterocycles. The largest absolute Gasteiger partial charge is 0.545 e. The van der Waals surface area contributed by atoms with E-state index in [2.05, 4.69) is 0 Å². The number of nitrogens with zero attached hydrogens (tertiary/aromatic N) is 1. The smallest absolute Gasteiger partial charge is 0.330 e. The highest BCUT2D eigenvalue weighted by Gasteiger charge is 2.37. The Morgan fingerprint density at radius 2 is 2.29 bits per heavy atom. The van der Waals surface area contributed by atoms with Gasteiger partial charge in [0.15, 0.2) is 6.23 Å². The molecule has 21 heavy (non-hydrogen) atoms. The summed E-state index contributed by atoms with van der Waals surface area (Å²) in [6.45, 7) is -0.259. The first-order valence-corrected chi connectivity index (χ1v) is 6.09. The third-order valence-electron chi connectivity index (χ3n) is 3.16. The van der Waals surface area contributed by atoms with Crippen LogP contribution in [0.2, 0.25) is 0 Å². The normalized spacial score (nSPS) is 25.5. The van der Waals surface area contributed by atoms with E-state index in [1.54, 1.807) is 0 Å². The summed E-state index contributed by atoms with van der Waals surface area (Å²) in [5.41, 5.74) is -1.70. The number of carbonyl (C=O) groups is 1. The number of aromatic nitrogens is 2. The molecule has 114 valence electrons. The van der Waals surface area contributed by atoms with Gasteiger partial charge in [-0.1, -0.05) is 0 Å². The van der Waals surface area contributed by atoms with Crippen molar-refractivity contribution in [1.82, 2.24) is 9.55 Å². The first-order chi connectivity index (χ1) is 9.93. The van der Waals surface area contributed by atoms with Crippen LogP contribution in [0.25, 0.3) is 6.08 Å². The molecule has 2 rings (SSSR count). The lowest BCUT2D eigenvalue weighted by molar-refractivity contribution is -0.297. The second kappa shape index (κ2) is 6.04. The second-order valence-corrected chi connectivity index (χ2v) is 4.56. The highest BCUT2D eigenvalue weighted by Crippen LogP contribution is 2.27. The van der Waals surface area contributed by atoms with Crippen LogP contribution in [-0.4, -0.2) is 45.1 Å². The first-order valence-electron chi connectivity index (χ1n) is 6.09. The van der Waals surface area contributed by atoms with Crippen LogP contribution in [0, 0.1) is 5.92 Å². The van der Waals surface area contributed by atoms with Gasteiger partial charge < -0.3 is 24.9 Å². The van der Waals surface area contributed by atoms with Crippen molar-refractivity contribution in [2.75, 3.05) is 13.2 Å². The molecule has 1 aliphatic rings. The van der Waals surface area contributed by atoms with Crippen LogP contribution in [0.4, 0.5) is 0 Å². The first kappa shape index (κ1) is 15.2. The molecule has 3 atom stereocenters. The molecule has 0 aromatic carbocycles. The van der Waals surface area contributed by atoms with Gasteiger partial charge in [-0.3, -0.25) is 14.3 Å². The molecule has 9 heteroatoms. The van der Waals surface area contributed by atoms with Gasteiger partial charge >= 0.3 is 5.69 Å². The molecule has 9 nitrogen and oxygen atoms in total. The van der Waals surface area contributed by atoms with Gasteiger partial charge in [-0.15, -0.1) is 0 Å². The Labute approximate surface area is 117 Å². The molecule has 1 fully saturated rings. The monoisotopic (exact) mass is 297 g/mol. The molecule has 1 aliphatic heterocycles. The van der Waals surface area contributed by atoms with Crippen molar-refractivity contribution in [2.45, 2.75) is 12.3 Å². The Morgan fingerprint density at radius 3 is 2.86 bits per heavy atom. The maximum atomic E-state index is 11.8. The van der Waals surface area contributed by atoms with Gasteiger partial charge in [0, 0.05) is 12.1 Å². The molecule has 3 N–H and O–H groups in total. The van der Waals surface area contributed by atoms with Crippen molar-refractivity contribution >= 4 is 12.0 Å². The number of aliphatic hydroxyl groups is 2. The fourth-order valence-corrected chi connectivity index (χ4v) is 2.02. The van der Waals surface area contributed by atoms with Crippen molar-refractivity contribution in [2.24, 2.45) is 5.92 Å². The molecule has 1 saturated heterocycles. The lowest BCUT2D eigenvalue weighted by Crippen LogP contribution is -2.37. The van der Waals surface area contributed by atoms with Crippen LogP contribution in [0.1, 0.15) is 11.8 Å². The minimum atomic E-state index is -1.50. The zero-order valence-electron chi connectivity index (χ0n) is 10.8. The summed E-state index contributed by atoms with van der Waals surface area (Å²) in [7, 11) is 0. The van der Waals surface area contributed by atoms with Crippen LogP contribution in [0.15, 0.2) is 21.9 Å². The van der Waals surface area contributed by atoms with E-state index in [1.165, 1.54) is 0 Å². The van der Waals surface area contributed by atoms with Crippen LogP contribution >= 0.6 is 0 Å². The summed E-state index contributed by atoms with van der Waals surface area (Å²) in [4.78, 5) is 35.7. The summed E-state index contributed by atoms with van der Waals surface area (Å²) in [6, 6.07) is 0. The quantitative estimate of drug-likeness (QED) is 0.496. The van der Waals surface area contributed by atoms with Crippen molar-refractivity contribution in [3.63, 3.8) is 0 Å². The predicted octanol–water partition coefficient (Wildman–Crippen LogP) is -3.20. The van der Waals surface area contributed by atoms with Crippen LogP contribution in [0.5, 0.6) is 0 Å². The molecular weight excluding hydrogens is 284 g/mol. The van der Waals surface area contributed by atoms with Gasteiger partial charge in [0.1, 0.15) is 6.10 Å². The topological polar surface area (TPSA) is 145 Å². The fraction of sp³-hybridized carbons (Fsp3) is 0.417. The van der Waals surface area contributed by atoms with Crippen molar-refractivity contribution < 1.29 is 24.9 Å². The van der Waals surface area contributed by atoms with Gasteiger partial charge in [-0.25, -0.2) is 4.79 Å². The Bertz CT molecular complexity index is 675. The summed E-state index contributed by atoms with van der Waals surface area (Å²) in [5, 5.41) is 29.3. The number of carboxylic acids is 1. The molecule has 3 unspecified atom stereocenters. The summed E-state index contributed by atoms with van der Waals surface area (Å²) in [5.74, 6) is -2.04. The van der Waals surface area contributed by atoms with Crippen molar-refractivity contribution in [3.05, 3.63) is 38.7 Å². The Kier molecular flexibility index (Phi) is 4.36. The Hall–Kier alpha value is -2.23. The summed E-state index contributed by atoms with van der Waals surface area (Å²) >= 11 is 0. The van der Waals surface area contributed by atoms with E-state index in [0.29, 0.717) is 6.08 Å². The number of carboxylic acid groups (broad SMARTS) is 1. The third-order valence-corrected chi connectivity index (χ3v) is 3.16. The molecular formula is C12H13N2O7-. The molecule has 0 amide bonds. The number of nitrogens with one attached hydrogen (secondary N) is 1. The maximum Gasteiger partial charge on any atom is 0.330 e. The van der Waals surface area contributed by atoms with Crippen LogP contribution in [-0.2, 0) is 9.53 Å². The van der Waals surface area contributed by atoms with E-state index in [-0.39, 0.29) is 18.8 Å². The summed E-state index contributed by atoms with van der Waals surface area (Å²) < 4.78 is 6.18. The molecule has 1 aromatic rings. The van der Waals surface area contributed by atoms with E-state index in [0.717, 1.165) is 16.8 Å². The van der Waals surface area contributed by atoms with Gasteiger partial charge in [-0.2, -0.15) is 0 Å². The van der Waals surface area contributed by atoms with Gasteiger partial charge in [-0.05, 0) is 12.2 Å². The SMILES string of the molecule is O=C([O-])C=Cc1cn(C2OCC(CO)C2O)c(=O)[nH]c1=O. The van der Waals surface area contributed by atoms with Crippen molar-refractivity contribution in [3.8, 4) is 0 Å². The molecule has 0 aliphatic carbocycles. The maximum absolute atomic E-state index is 11.8. The van der Waals surface area contributed by atoms with Gasteiger partial charge in [0.05, 0.1) is 24.7 Å². The molecule has 0 bridgehead atoms. The number of hydrogen-bond donors (Lipinski definition) is 3. The number of aliphatic carboxylic acids is 1. The average Bonchev–Trinajstić information content (AvgIpc) is 2.78. The van der Waals surface area contributed by atoms with E-state index in [1.807, 2.05) is 4.98 Å². The highest BCUT2D eigenvalue weighted by atomic mass is 16.5. The van der Waals surface area contributed by atoms with Gasteiger partial charge in [0.2, 0.25) is 0 Å². The zero-order chi connectivity index (χ0) is 15.6. The third kappa shape index (κ3) is 3.10. The van der Waals surface area contributed by atoms with E-state index in [9.17, 15) is 24.6 Å². The Balaban J connectivity index is 2.41. The highest BCUT2D eigenvalue weighted by molar-refractivity contribution is 5.83. The van der Waals surface area contributed by atoms with Gasteiger partial charge in [0.25, 0.3) is 5.56 Å². The lowest BCUT2D eigenvalue weighted by atomic mass is 10.1. The number of rotatable bonds is 4. The lowest BCUT2D eigenvalue weighted by Gasteiger charge is -2.18. The van der Waals surface area contributed by atoms with Crippen LogP contribution in [0.3, 0.4) is 0 Å². The standard InChI is InChI=1S/C12H14N2O7/c15-4-7-5-21-11(9(7)18)14-3-6(1-2-8(16)17)10(19)13-12(14)20/h1-3,7,9,11,15,18H,4-5H2,(H,16,17)(H,13,19,20)/p-1. The zero-order valence-corrected chi connectivity index (χ0v) is 10.8. The van der Waals surface area contributed by atoms with E-state index in [4.69, 9.17) is 9.84 Å². The number of hydrogen-bond acceptors (Lipinski definition) is 7. The number of aliphatic hydroxyl groups excluding tert-OH is 2. The molecule has 0 spiro atoms. The molecule has 0 radical (unpaired) electrons. The van der Waals surface area contributed by atoms with Crippen molar-refractivity contribution in [1.29, 1.82) is 0 Å². The number of aromatic amines is 1. The molecule has 0 saturated carbocycles.